The number of benzene rings is 1. The van der Waals surface area contributed by atoms with Crippen LogP contribution >= 0.6 is 11.6 Å². The summed E-state index contributed by atoms with van der Waals surface area (Å²) in [5.41, 5.74) is 5.86. The summed E-state index contributed by atoms with van der Waals surface area (Å²) in [6.45, 7) is 0.0577. The molecular formula is C12H11ClF2N4O. The SMILES string of the molecule is Cn1ncc(CNC(=O)c2cc(F)c(Cl)cc2F)c1N. The van der Waals surface area contributed by atoms with Crippen molar-refractivity contribution >= 4 is 23.3 Å². The highest BCUT2D eigenvalue weighted by atomic mass is 35.5. The minimum atomic E-state index is -0.895. The molecule has 0 spiro atoms. The lowest BCUT2D eigenvalue weighted by Gasteiger charge is -2.06. The van der Waals surface area contributed by atoms with Crippen molar-refractivity contribution in [2.75, 3.05) is 5.73 Å². The number of rotatable bonds is 3. The molecule has 1 aromatic heterocycles. The third kappa shape index (κ3) is 2.72. The average Bonchev–Trinajstić information content (AvgIpc) is 2.71. The number of anilines is 1. The number of carbonyl (C=O) groups is 1. The second-order valence-corrected chi connectivity index (χ2v) is 4.51. The molecular weight excluding hydrogens is 290 g/mol. The Hall–Kier alpha value is -2.15. The van der Waals surface area contributed by atoms with Gasteiger partial charge in [0.25, 0.3) is 5.91 Å². The molecule has 0 atom stereocenters. The third-order valence-electron chi connectivity index (χ3n) is 2.76. The van der Waals surface area contributed by atoms with Crippen molar-refractivity contribution in [2.45, 2.75) is 6.54 Å². The molecule has 0 fully saturated rings. The summed E-state index contributed by atoms with van der Waals surface area (Å²) in [6, 6.07) is 1.50. The Kier molecular flexibility index (Phi) is 3.89. The molecule has 1 amide bonds. The monoisotopic (exact) mass is 300 g/mol. The first-order chi connectivity index (χ1) is 9.40. The van der Waals surface area contributed by atoms with Gasteiger partial charge in [-0.3, -0.25) is 9.48 Å². The van der Waals surface area contributed by atoms with E-state index in [0.717, 1.165) is 12.1 Å². The van der Waals surface area contributed by atoms with E-state index in [1.807, 2.05) is 0 Å². The lowest BCUT2D eigenvalue weighted by molar-refractivity contribution is 0.0946. The van der Waals surface area contributed by atoms with Crippen molar-refractivity contribution in [3.8, 4) is 0 Å². The second kappa shape index (κ2) is 5.46. The molecule has 1 heterocycles. The summed E-state index contributed by atoms with van der Waals surface area (Å²) in [4.78, 5) is 11.8. The van der Waals surface area contributed by atoms with E-state index in [1.54, 1.807) is 7.05 Å². The van der Waals surface area contributed by atoms with Gasteiger partial charge in [-0.25, -0.2) is 8.78 Å². The predicted octanol–water partition coefficient (Wildman–Crippen LogP) is 1.86. The van der Waals surface area contributed by atoms with Crippen LogP contribution in [0, 0.1) is 11.6 Å². The summed E-state index contributed by atoms with van der Waals surface area (Å²) in [6.07, 6.45) is 1.48. The summed E-state index contributed by atoms with van der Waals surface area (Å²) >= 11 is 5.41. The maximum absolute atomic E-state index is 13.5. The van der Waals surface area contributed by atoms with Crippen molar-refractivity contribution in [2.24, 2.45) is 7.05 Å². The molecule has 20 heavy (non-hydrogen) atoms. The van der Waals surface area contributed by atoms with Crippen molar-refractivity contribution in [3.63, 3.8) is 0 Å². The third-order valence-corrected chi connectivity index (χ3v) is 3.05. The van der Waals surface area contributed by atoms with E-state index in [0.29, 0.717) is 11.4 Å². The zero-order valence-electron chi connectivity index (χ0n) is 10.5. The number of nitrogens with two attached hydrogens (primary N) is 1. The Bertz CT molecular complexity index is 672. The molecule has 0 radical (unpaired) electrons. The molecule has 0 aliphatic heterocycles. The van der Waals surface area contributed by atoms with Crippen LogP contribution in [0.1, 0.15) is 15.9 Å². The molecule has 2 aromatic rings. The van der Waals surface area contributed by atoms with Crippen LogP contribution in [-0.4, -0.2) is 15.7 Å². The molecule has 1 aromatic carbocycles. The molecule has 5 nitrogen and oxygen atoms in total. The van der Waals surface area contributed by atoms with E-state index < -0.39 is 23.1 Å². The van der Waals surface area contributed by atoms with Crippen molar-refractivity contribution in [3.05, 3.63) is 46.1 Å². The highest BCUT2D eigenvalue weighted by Gasteiger charge is 2.16. The van der Waals surface area contributed by atoms with Gasteiger partial charge in [0.2, 0.25) is 0 Å². The van der Waals surface area contributed by atoms with E-state index in [-0.39, 0.29) is 11.6 Å². The van der Waals surface area contributed by atoms with Gasteiger partial charge in [-0.1, -0.05) is 11.6 Å². The lowest BCUT2D eigenvalue weighted by Crippen LogP contribution is -2.24. The number of hydrogen-bond acceptors (Lipinski definition) is 3. The molecule has 3 N–H and O–H groups in total. The van der Waals surface area contributed by atoms with Gasteiger partial charge in [-0.15, -0.1) is 0 Å². The number of nitrogens with one attached hydrogen (secondary N) is 1. The molecule has 0 saturated heterocycles. The number of aryl methyl sites for hydroxylation is 1. The number of nitrogen functional groups attached to an aromatic ring is 1. The number of carbonyl (C=O) groups excluding carboxylic acids is 1. The maximum Gasteiger partial charge on any atom is 0.254 e. The van der Waals surface area contributed by atoms with Gasteiger partial charge in [-0.2, -0.15) is 5.10 Å². The first kappa shape index (κ1) is 14.3. The van der Waals surface area contributed by atoms with Crippen LogP contribution in [-0.2, 0) is 13.6 Å². The summed E-state index contributed by atoms with van der Waals surface area (Å²) < 4.78 is 28.2. The zero-order chi connectivity index (χ0) is 14.9. The van der Waals surface area contributed by atoms with Crippen LogP contribution in [0.15, 0.2) is 18.3 Å². The molecule has 0 bridgehead atoms. The molecule has 8 heteroatoms. The fourth-order valence-corrected chi connectivity index (χ4v) is 1.75. The maximum atomic E-state index is 13.5. The van der Waals surface area contributed by atoms with Crippen LogP contribution in [0.4, 0.5) is 14.6 Å². The highest BCUT2D eigenvalue weighted by Crippen LogP contribution is 2.19. The minimum absolute atomic E-state index is 0.0577. The number of amides is 1. The molecule has 0 aliphatic carbocycles. The lowest BCUT2D eigenvalue weighted by atomic mass is 10.2. The first-order valence-corrected chi connectivity index (χ1v) is 5.97. The quantitative estimate of drug-likeness (QED) is 0.850. The standard InChI is InChI=1S/C12H11ClF2N4O/c1-19-11(16)6(5-18-19)4-17-12(20)7-2-10(15)8(13)3-9(7)14/h2-3,5H,4,16H2,1H3,(H,17,20). The Morgan fingerprint density at radius 1 is 1.45 bits per heavy atom. The zero-order valence-corrected chi connectivity index (χ0v) is 11.2. The van der Waals surface area contributed by atoms with Crippen molar-refractivity contribution in [1.82, 2.24) is 15.1 Å². The van der Waals surface area contributed by atoms with Gasteiger partial charge in [0.05, 0.1) is 16.8 Å². The van der Waals surface area contributed by atoms with Crippen LogP contribution in [0.3, 0.4) is 0 Å². The largest absolute Gasteiger partial charge is 0.384 e. The fourth-order valence-electron chi connectivity index (χ4n) is 1.60. The van der Waals surface area contributed by atoms with Gasteiger partial charge in [0.15, 0.2) is 0 Å². The van der Waals surface area contributed by atoms with Gasteiger partial charge in [0.1, 0.15) is 17.5 Å². The number of nitrogens with zero attached hydrogens (tertiary/aromatic N) is 2. The average molecular weight is 301 g/mol. The Balaban J connectivity index is 2.13. The Morgan fingerprint density at radius 3 is 2.75 bits per heavy atom. The van der Waals surface area contributed by atoms with Crippen molar-refractivity contribution < 1.29 is 13.6 Å². The van der Waals surface area contributed by atoms with Crippen molar-refractivity contribution in [1.29, 1.82) is 0 Å². The topological polar surface area (TPSA) is 72.9 Å². The molecule has 0 unspecified atom stereocenters. The van der Waals surface area contributed by atoms with E-state index in [9.17, 15) is 13.6 Å². The highest BCUT2D eigenvalue weighted by molar-refractivity contribution is 6.30. The van der Waals surface area contributed by atoms with Gasteiger partial charge < -0.3 is 11.1 Å². The number of halogens is 3. The van der Waals surface area contributed by atoms with E-state index in [4.69, 9.17) is 17.3 Å². The molecule has 106 valence electrons. The summed E-state index contributed by atoms with van der Waals surface area (Å²) in [5.74, 6) is -2.14. The molecule has 0 aliphatic rings. The van der Waals surface area contributed by atoms with E-state index >= 15 is 0 Å². The number of aromatic nitrogens is 2. The van der Waals surface area contributed by atoms with Crippen LogP contribution in [0.25, 0.3) is 0 Å². The predicted molar refractivity (Wildman–Crippen MR) is 70.2 cm³/mol. The summed E-state index contributed by atoms with van der Waals surface area (Å²) in [7, 11) is 1.65. The first-order valence-electron chi connectivity index (χ1n) is 5.59. The second-order valence-electron chi connectivity index (χ2n) is 4.11. The molecule has 0 saturated carbocycles. The van der Waals surface area contributed by atoms with E-state index in [1.165, 1.54) is 10.9 Å². The van der Waals surface area contributed by atoms with E-state index in [2.05, 4.69) is 10.4 Å². The minimum Gasteiger partial charge on any atom is -0.384 e. The number of hydrogen-bond donors (Lipinski definition) is 2. The van der Waals surface area contributed by atoms with Gasteiger partial charge in [-0.05, 0) is 12.1 Å². The smallest absolute Gasteiger partial charge is 0.254 e. The fraction of sp³-hybridized carbons (Fsp3) is 0.167. The Morgan fingerprint density at radius 2 is 2.15 bits per heavy atom. The Labute approximate surface area is 118 Å². The van der Waals surface area contributed by atoms with Crippen LogP contribution < -0.4 is 11.1 Å². The van der Waals surface area contributed by atoms with Gasteiger partial charge >= 0.3 is 0 Å². The summed E-state index contributed by atoms with van der Waals surface area (Å²) in [5, 5.41) is 5.95. The van der Waals surface area contributed by atoms with Crippen LogP contribution in [0.2, 0.25) is 5.02 Å². The normalized spacial score (nSPS) is 10.6. The molecule has 2 rings (SSSR count). The van der Waals surface area contributed by atoms with Gasteiger partial charge in [0, 0.05) is 19.2 Å². The van der Waals surface area contributed by atoms with Crippen LogP contribution in [0.5, 0.6) is 0 Å².